The van der Waals surface area contributed by atoms with Crippen molar-refractivity contribution in [3.05, 3.63) is 28.2 Å². The van der Waals surface area contributed by atoms with E-state index >= 15 is 0 Å². The number of aliphatic hydroxyl groups is 1. The number of carbonyl (C=O) groups is 2. The lowest BCUT2D eigenvalue weighted by atomic mass is 10.3. The zero-order valence-corrected chi connectivity index (χ0v) is 11.3. The topological polar surface area (TPSA) is 78.4 Å². The smallest absolute Gasteiger partial charge is 0.313 e. The predicted molar refractivity (Wildman–Crippen MR) is 67.4 cm³/mol. The fraction of sp³-hybridized carbons (Fsp3) is 0.273. The SMILES string of the molecule is O=C(NCCCO)C(=O)Nc1c(F)cc(Br)cc1F. The summed E-state index contributed by atoms with van der Waals surface area (Å²) in [5.41, 5.74) is -0.689. The Morgan fingerprint density at radius 3 is 2.32 bits per heavy atom. The van der Waals surface area contributed by atoms with Gasteiger partial charge in [-0.15, -0.1) is 0 Å². The summed E-state index contributed by atoms with van der Waals surface area (Å²) in [4.78, 5) is 22.6. The summed E-state index contributed by atoms with van der Waals surface area (Å²) in [6, 6.07) is 1.92. The van der Waals surface area contributed by atoms with Crippen molar-refractivity contribution in [1.29, 1.82) is 0 Å². The average molecular weight is 337 g/mol. The van der Waals surface area contributed by atoms with E-state index in [2.05, 4.69) is 21.2 Å². The molecule has 0 heterocycles. The van der Waals surface area contributed by atoms with Crippen LogP contribution in [-0.4, -0.2) is 30.1 Å². The maximum Gasteiger partial charge on any atom is 0.313 e. The first-order valence-electron chi connectivity index (χ1n) is 5.30. The maximum atomic E-state index is 13.4. The van der Waals surface area contributed by atoms with Gasteiger partial charge in [-0.25, -0.2) is 8.78 Å². The first-order chi connectivity index (χ1) is 8.95. The fourth-order valence-electron chi connectivity index (χ4n) is 1.19. The first-order valence-corrected chi connectivity index (χ1v) is 6.09. The van der Waals surface area contributed by atoms with Crippen molar-refractivity contribution < 1.29 is 23.5 Å². The molecule has 0 aromatic heterocycles. The van der Waals surface area contributed by atoms with Gasteiger partial charge in [-0.1, -0.05) is 15.9 Å². The van der Waals surface area contributed by atoms with E-state index in [9.17, 15) is 18.4 Å². The summed E-state index contributed by atoms with van der Waals surface area (Å²) in [5, 5.41) is 12.5. The lowest BCUT2D eigenvalue weighted by Gasteiger charge is -2.08. The van der Waals surface area contributed by atoms with Gasteiger partial charge in [0, 0.05) is 17.6 Å². The third kappa shape index (κ3) is 4.56. The minimum absolute atomic E-state index is 0.0913. The normalized spacial score (nSPS) is 10.1. The Morgan fingerprint density at radius 1 is 1.21 bits per heavy atom. The van der Waals surface area contributed by atoms with Gasteiger partial charge < -0.3 is 15.7 Å². The van der Waals surface area contributed by atoms with Crippen molar-refractivity contribution in [3.63, 3.8) is 0 Å². The van der Waals surface area contributed by atoms with E-state index < -0.39 is 29.1 Å². The molecule has 0 unspecified atom stereocenters. The van der Waals surface area contributed by atoms with Crippen LogP contribution >= 0.6 is 15.9 Å². The van der Waals surface area contributed by atoms with Gasteiger partial charge in [0.1, 0.15) is 5.69 Å². The zero-order valence-electron chi connectivity index (χ0n) is 9.67. The minimum Gasteiger partial charge on any atom is -0.396 e. The van der Waals surface area contributed by atoms with Crippen molar-refractivity contribution in [2.75, 3.05) is 18.5 Å². The highest BCUT2D eigenvalue weighted by molar-refractivity contribution is 9.10. The summed E-state index contributed by atoms with van der Waals surface area (Å²) in [5.74, 6) is -4.21. The van der Waals surface area contributed by atoms with E-state index in [1.807, 2.05) is 5.32 Å². The molecular weight excluding hydrogens is 326 g/mol. The Hall–Kier alpha value is -1.54. The van der Waals surface area contributed by atoms with Crippen LogP contribution in [0.3, 0.4) is 0 Å². The van der Waals surface area contributed by atoms with E-state index in [1.54, 1.807) is 0 Å². The molecule has 0 spiro atoms. The van der Waals surface area contributed by atoms with E-state index in [0.717, 1.165) is 12.1 Å². The molecule has 0 bridgehead atoms. The number of amides is 2. The molecule has 2 amide bonds. The van der Waals surface area contributed by atoms with Gasteiger partial charge in [0.15, 0.2) is 11.6 Å². The third-order valence-corrected chi connectivity index (χ3v) is 2.53. The molecule has 0 aliphatic heterocycles. The van der Waals surface area contributed by atoms with Crippen LogP contribution < -0.4 is 10.6 Å². The van der Waals surface area contributed by atoms with Crippen LogP contribution in [-0.2, 0) is 9.59 Å². The zero-order chi connectivity index (χ0) is 14.4. The Labute approximate surface area is 116 Å². The molecule has 0 atom stereocenters. The number of benzene rings is 1. The second-order valence-corrected chi connectivity index (χ2v) is 4.45. The molecule has 0 aliphatic rings. The Kier molecular flexibility index (Phi) is 5.84. The summed E-state index contributed by atoms with van der Waals surface area (Å²) in [6.45, 7) is -0.0497. The number of nitrogens with one attached hydrogen (secondary N) is 2. The maximum absolute atomic E-state index is 13.4. The van der Waals surface area contributed by atoms with Crippen LogP contribution in [0, 0.1) is 11.6 Å². The molecule has 0 aliphatic carbocycles. The molecule has 5 nitrogen and oxygen atoms in total. The van der Waals surface area contributed by atoms with Crippen LogP contribution in [0.25, 0.3) is 0 Å². The van der Waals surface area contributed by atoms with Crippen LogP contribution in [0.4, 0.5) is 14.5 Å². The number of aliphatic hydroxyl groups excluding tert-OH is 1. The third-order valence-electron chi connectivity index (χ3n) is 2.07. The quantitative estimate of drug-likeness (QED) is 0.570. The van der Waals surface area contributed by atoms with Crippen LogP contribution in [0.5, 0.6) is 0 Å². The molecule has 0 radical (unpaired) electrons. The Morgan fingerprint density at radius 2 is 1.79 bits per heavy atom. The van der Waals surface area contributed by atoms with Gasteiger partial charge in [0.05, 0.1) is 0 Å². The van der Waals surface area contributed by atoms with Gasteiger partial charge in [0.2, 0.25) is 0 Å². The second-order valence-electron chi connectivity index (χ2n) is 3.53. The van der Waals surface area contributed by atoms with Crippen molar-refractivity contribution in [3.8, 4) is 0 Å². The standard InChI is InChI=1S/C11H11BrF2N2O3/c12-6-4-7(13)9(8(14)5-6)16-11(19)10(18)15-2-1-3-17/h4-5,17H,1-3H2,(H,15,18)(H,16,19). The van der Waals surface area contributed by atoms with Gasteiger partial charge >= 0.3 is 11.8 Å². The molecule has 1 rings (SSSR count). The number of rotatable bonds is 4. The van der Waals surface area contributed by atoms with Gasteiger partial charge in [0.25, 0.3) is 0 Å². The van der Waals surface area contributed by atoms with E-state index in [0.29, 0.717) is 0 Å². The Balaban J connectivity index is 2.69. The van der Waals surface area contributed by atoms with Crippen LogP contribution in [0.15, 0.2) is 16.6 Å². The number of anilines is 1. The number of hydrogen-bond acceptors (Lipinski definition) is 3. The predicted octanol–water partition coefficient (Wildman–Crippen LogP) is 1.16. The lowest BCUT2D eigenvalue weighted by Crippen LogP contribution is -2.36. The molecule has 19 heavy (non-hydrogen) atoms. The fourth-order valence-corrected chi connectivity index (χ4v) is 1.60. The average Bonchev–Trinajstić information content (AvgIpc) is 2.33. The molecule has 1 aromatic rings. The number of carbonyl (C=O) groups excluding carboxylic acids is 2. The highest BCUT2D eigenvalue weighted by Crippen LogP contribution is 2.23. The number of halogens is 3. The first kappa shape index (κ1) is 15.5. The van der Waals surface area contributed by atoms with Gasteiger partial charge in [-0.05, 0) is 18.6 Å². The molecule has 3 N–H and O–H groups in total. The molecular formula is C11H11BrF2N2O3. The molecule has 0 fully saturated rings. The van der Waals surface area contributed by atoms with E-state index in [1.165, 1.54) is 0 Å². The summed E-state index contributed by atoms with van der Waals surface area (Å²) < 4.78 is 27.0. The molecule has 8 heteroatoms. The van der Waals surface area contributed by atoms with Crippen molar-refractivity contribution >= 4 is 33.4 Å². The van der Waals surface area contributed by atoms with E-state index in [4.69, 9.17) is 5.11 Å². The molecule has 104 valence electrons. The van der Waals surface area contributed by atoms with Gasteiger partial charge in [-0.2, -0.15) is 0 Å². The highest BCUT2D eigenvalue weighted by Gasteiger charge is 2.18. The summed E-state index contributed by atoms with van der Waals surface area (Å²) in [6.07, 6.45) is 0.278. The van der Waals surface area contributed by atoms with E-state index in [-0.39, 0.29) is 24.0 Å². The monoisotopic (exact) mass is 336 g/mol. The number of hydrogen-bond donors (Lipinski definition) is 3. The lowest BCUT2D eigenvalue weighted by molar-refractivity contribution is -0.136. The largest absolute Gasteiger partial charge is 0.396 e. The van der Waals surface area contributed by atoms with Crippen molar-refractivity contribution in [2.45, 2.75) is 6.42 Å². The molecule has 1 aromatic carbocycles. The minimum atomic E-state index is -1.18. The van der Waals surface area contributed by atoms with Gasteiger partial charge in [-0.3, -0.25) is 9.59 Å². The summed E-state index contributed by atoms with van der Waals surface area (Å²) >= 11 is 2.89. The van der Waals surface area contributed by atoms with Crippen LogP contribution in [0.1, 0.15) is 6.42 Å². The Bertz CT molecular complexity index is 474. The second kappa shape index (κ2) is 7.15. The van der Waals surface area contributed by atoms with Crippen molar-refractivity contribution in [2.24, 2.45) is 0 Å². The van der Waals surface area contributed by atoms with Crippen molar-refractivity contribution in [1.82, 2.24) is 5.32 Å². The molecule has 0 saturated carbocycles. The summed E-state index contributed by atoms with van der Waals surface area (Å²) in [7, 11) is 0. The molecule has 0 saturated heterocycles. The van der Waals surface area contributed by atoms with Crippen LogP contribution in [0.2, 0.25) is 0 Å². The highest BCUT2D eigenvalue weighted by atomic mass is 79.9.